The Morgan fingerprint density at radius 3 is 2.64 bits per heavy atom. The summed E-state index contributed by atoms with van der Waals surface area (Å²) in [6.07, 6.45) is 5.07. The van der Waals surface area contributed by atoms with Crippen molar-refractivity contribution in [3.8, 4) is 0 Å². The van der Waals surface area contributed by atoms with Gasteiger partial charge in [-0.2, -0.15) is 0 Å². The second-order valence-electron chi connectivity index (χ2n) is 2.87. The normalized spacial score (nSPS) is 9.14. The van der Waals surface area contributed by atoms with Crippen LogP contribution < -0.4 is 0 Å². The maximum Gasteiger partial charge on any atom is 0.0699 e. The van der Waals surface area contributed by atoms with Gasteiger partial charge in [-0.05, 0) is 24.5 Å². The molecule has 0 atom stereocenters. The van der Waals surface area contributed by atoms with Crippen LogP contribution in [-0.4, -0.2) is 10.1 Å². The van der Waals surface area contributed by atoms with E-state index in [-0.39, 0.29) is 6.61 Å². The summed E-state index contributed by atoms with van der Waals surface area (Å²) in [5, 5.41) is 8.98. The van der Waals surface area contributed by atoms with Crippen LogP contribution in [0, 0.1) is 0 Å². The third-order valence-corrected chi connectivity index (χ3v) is 1.92. The van der Waals surface area contributed by atoms with Gasteiger partial charge in [-0.3, -0.25) is 4.98 Å². The van der Waals surface area contributed by atoms with Gasteiger partial charge >= 0.3 is 0 Å². The number of aromatic nitrogens is 1. The van der Waals surface area contributed by atoms with Crippen LogP contribution in [0.25, 0.3) is 0 Å². The molecular weight excluding hydrogens is 174 g/mol. The first-order valence-electron chi connectivity index (χ1n) is 5.42. The van der Waals surface area contributed by atoms with Crippen LogP contribution >= 0.6 is 0 Å². The molecule has 0 saturated heterocycles. The summed E-state index contributed by atoms with van der Waals surface area (Å²) in [5.74, 6) is 0. The number of nitrogens with zero attached hydrogens (tertiary/aromatic N) is 1. The maximum absolute atomic E-state index is 8.98. The van der Waals surface area contributed by atoms with E-state index in [9.17, 15) is 0 Å². The number of aryl methyl sites for hydroxylation is 1. The second kappa shape index (κ2) is 8.70. The van der Waals surface area contributed by atoms with Gasteiger partial charge in [0.2, 0.25) is 0 Å². The Bertz CT molecular complexity index is 236. The van der Waals surface area contributed by atoms with Crippen molar-refractivity contribution < 1.29 is 5.11 Å². The van der Waals surface area contributed by atoms with Crippen LogP contribution in [0.1, 0.15) is 44.9 Å². The van der Waals surface area contributed by atoms with Gasteiger partial charge in [0.1, 0.15) is 0 Å². The summed E-state index contributed by atoms with van der Waals surface area (Å²) in [6, 6.07) is 3.79. The van der Waals surface area contributed by atoms with Crippen molar-refractivity contribution in [3.05, 3.63) is 29.6 Å². The van der Waals surface area contributed by atoms with E-state index in [0.717, 1.165) is 24.1 Å². The van der Waals surface area contributed by atoms with E-state index < -0.39 is 0 Å². The van der Waals surface area contributed by atoms with Crippen molar-refractivity contribution >= 4 is 0 Å². The lowest BCUT2D eigenvalue weighted by molar-refractivity contribution is 0.280. The highest BCUT2D eigenvalue weighted by molar-refractivity contribution is 5.18. The first-order valence-corrected chi connectivity index (χ1v) is 5.42. The molecule has 1 aromatic rings. The predicted molar refractivity (Wildman–Crippen MR) is 60.1 cm³/mol. The zero-order chi connectivity index (χ0) is 10.8. The molecule has 0 aliphatic heterocycles. The van der Waals surface area contributed by atoms with Gasteiger partial charge in [0.25, 0.3) is 0 Å². The van der Waals surface area contributed by atoms with E-state index in [0.29, 0.717) is 0 Å². The molecule has 2 heteroatoms. The van der Waals surface area contributed by atoms with Crippen LogP contribution in [-0.2, 0) is 13.0 Å². The number of rotatable bonds is 4. The van der Waals surface area contributed by atoms with Crippen molar-refractivity contribution in [2.75, 3.05) is 0 Å². The summed E-state index contributed by atoms with van der Waals surface area (Å²) in [5.41, 5.74) is 2.01. The molecule has 0 aliphatic rings. The molecule has 14 heavy (non-hydrogen) atoms. The van der Waals surface area contributed by atoms with E-state index >= 15 is 0 Å². The van der Waals surface area contributed by atoms with Crippen LogP contribution in [0.2, 0.25) is 0 Å². The molecule has 0 aromatic carbocycles. The Hall–Kier alpha value is -0.890. The third-order valence-electron chi connectivity index (χ3n) is 1.92. The highest BCUT2D eigenvalue weighted by Gasteiger charge is 1.99. The highest BCUT2D eigenvalue weighted by Crippen LogP contribution is 2.08. The van der Waals surface area contributed by atoms with Crippen molar-refractivity contribution in [2.24, 2.45) is 0 Å². The van der Waals surface area contributed by atoms with Crippen molar-refractivity contribution in [2.45, 2.75) is 46.6 Å². The van der Waals surface area contributed by atoms with E-state index in [4.69, 9.17) is 5.11 Å². The maximum atomic E-state index is 8.98. The summed E-state index contributed by atoms with van der Waals surface area (Å²) < 4.78 is 0. The smallest absolute Gasteiger partial charge is 0.0699 e. The highest BCUT2D eigenvalue weighted by atomic mass is 16.3. The van der Waals surface area contributed by atoms with Crippen molar-refractivity contribution in [1.82, 2.24) is 4.98 Å². The minimum Gasteiger partial charge on any atom is -0.392 e. The lowest BCUT2D eigenvalue weighted by Crippen LogP contribution is -1.96. The average Bonchev–Trinajstić information content (AvgIpc) is 2.29. The fraction of sp³-hybridized carbons (Fsp3) is 0.583. The molecule has 1 N–H and O–H groups in total. The SMILES string of the molecule is CC.CCCCc1ncccc1CO. The standard InChI is InChI=1S/C10H15NO.C2H6/c1-2-3-6-10-9(8-12)5-4-7-11-10;1-2/h4-5,7,12H,2-3,6,8H2,1H3;1-2H3. The second-order valence-corrected chi connectivity index (χ2v) is 2.87. The Balaban J connectivity index is 0.000000791. The first-order chi connectivity index (χ1) is 6.88. The number of hydrogen-bond donors (Lipinski definition) is 1. The minimum absolute atomic E-state index is 0.104. The van der Waals surface area contributed by atoms with Gasteiger partial charge in [0.05, 0.1) is 6.61 Å². The molecule has 0 saturated carbocycles. The third kappa shape index (κ3) is 4.38. The van der Waals surface area contributed by atoms with Crippen LogP contribution in [0.3, 0.4) is 0 Å². The molecule has 0 amide bonds. The van der Waals surface area contributed by atoms with Crippen LogP contribution in [0.5, 0.6) is 0 Å². The molecule has 1 rings (SSSR count). The Kier molecular flexibility index (Phi) is 8.14. The topological polar surface area (TPSA) is 33.1 Å². The molecule has 0 unspecified atom stereocenters. The lowest BCUT2D eigenvalue weighted by Gasteiger charge is -2.03. The fourth-order valence-electron chi connectivity index (χ4n) is 1.18. The Morgan fingerprint density at radius 1 is 1.36 bits per heavy atom. The summed E-state index contributed by atoms with van der Waals surface area (Å²) in [7, 11) is 0. The molecule has 0 bridgehead atoms. The average molecular weight is 195 g/mol. The van der Waals surface area contributed by atoms with Crippen molar-refractivity contribution in [1.29, 1.82) is 0 Å². The zero-order valence-corrected chi connectivity index (χ0v) is 9.45. The molecular formula is C12H21NO. The predicted octanol–water partition coefficient (Wildman–Crippen LogP) is 2.94. The first kappa shape index (κ1) is 13.1. The molecule has 0 radical (unpaired) electrons. The van der Waals surface area contributed by atoms with E-state index in [1.54, 1.807) is 6.20 Å². The monoisotopic (exact) mass is 195 g/mol. The molecule has 80 valence electrons. The molecule has 2 nitrogen and oxygen atoms in total. The lowest BCUT2D eigenvalue weighted by atomic mass is 10.1. The fourth-order valence-corrected chi connectivity index (χ4v) is 1.18. The molecule has 0 spiro atoms. The largest absolute Gasteiger partial charge is 0.392 e. The Morgan fingerprint density at radius 2 is 2.07 bits per heavy atom. The molecule has 1 aromatic heterocycles. The number of unbranched alkanes of at least 4 members (excludes halogenated alkanes) is 1. The van der Waals surface area contributed by atoms with Gasteiger partial charge in [-0.25, -0.2) is 0 Å². The zero-order valence-electron chi connectivity index (χ0n) is 9.45. The van der Waals surface area contributed by atoms with E-state index in [1.165, 1.54) is 6.42 Å². The van der Waals surface area contributed by atoms with E-state index in [1.807, 2.05) is 26.0 Å². The van der Waals surface area contributed by atoms with Gasteiger partial charge in [-0.15, -0.1) is 0 Å². The summed E-state index contributed by atoms with van der Waals surface area (Å²) >= 11 is 0. The minimum atomic E-state index is 0.104. The number of hydrogen-bond acceptors (Lipinski definition) is 2. The Labute approximate surface area is 87.0 Å². The van der Waals surface area contributed by atoms with Crippen LogP contribution in [0.15, 0.2) is 18.3 Å². The van der Waals surface area contributed by atoms with Gasteiger partial charge in [0, 0.05) is 11.9 Å². The molecule has 0 aliphatic carbocycles. The van der Waals surface area contributed by atoms with Crippen LogP contribution in [0.4, 0.5) is 0 Å². The summed E-state index contributed by atoms with van der Waals surface area (Å²) in [6.45, 7) is 6.26. The number of pyridine rings is 1. The number of aliphatic hydroxyl groups excluding tert-OH is 1. The number of aliphatic hydroxyl groups is 1. The molecule has 0 fully saturated rings. The van der Waals surface area contributed by atoms with E-state index in [2.05, 4.69) is 11.9 Å². The molecule has 1 heterocycles. The van der Waals surface area contributed by atoms with Gasteiger partial charge in [0.15, 0.2) is 0 Å². The van der Waals surface area contributed by atoms with Gasteiger partial charge < -0.3 is 5.11 Å². The van der Waals surface area contributed by atoms with Gasteiger partial charge in [-0.1, -0.05) is 33.3 Å². The summed E-state index contributed by atoms with van der Waals surface area (Å²) in [4.78, 5) is 4.23. The quantitative estimate of drug-likeness (QED) is 0.801. The van der Waals surface area contributed by atoms with Crippen molar-refractivity contribution in [3.63, 3.8) is 0 Å².